The number of carbonyl (C=O) groups excluding carboxylic acids is 1. The molecule has 4 rings (SSSR count). The molecule has 174 valence electrons. The van der Waals surface area contributed by atoms with Crippen molar-refractivity contribution in [2.75, 3.05) is 43.6 Å². The lowest BCUT2D eigenvalue weighted by Gasteiger charge is -2.29. The predicted octanol–water partition coefficient (Wildman–Crippen LogP) is 4.53. The lowest BCUT2D eigenvalue weighted by Crippen LogP contribution is -2.36. The monoisotopic (exact) mass is 455 g/mol. The molecule has 1 N–H and O–H groups in total. The van der Waals surface area contributed by atoms with Gasteiger partial charge < -0.3 is 24.3 Å². The van der Waals surface area contributed by atoms with Gasteiger partial charge in [-0.1, -0.05) is 6.07 Å². The molecule has 1 amide bonds. The molecule has 6 nitrogen and oxygen atoms in total. The van der Waals surface area contributed by atoms with Gasteiger partial charge >= 0.3 is 0 Å². The van der Waals surface area contributed by atoms with Crippen molar-refractivity contribution in [2.45, 2.75) is 20.4 Å². The van der Waals surface area contributed by atoms with Crippen molar-refractivity contribution in [1.82, 2.24) is 4.57 Å². The first-order chi connectivity index (χ1) is 15.9. The molecular weight excluding hydrogens is 428 g/mol. The molecule has 0 radical (unpaired) electrons. The smallest absolute Gasteiger partial charge is 0.272 e. The van der Waals surface area contributed by atoms with Gasteiger partial charge in [-0.2, -0.15) is 0 Å². The molecule has 0 spiro atoms. The van der Waals surface area contributed by atoms with Gasteiger partial charge in [-0.15, -0.1) is 0 Å². The number of carbonyl (C=O) groups is 1. The molecule has 2 aromatic carbocycles. The predicted molar refractivity (Wildman–Crippen MR) is 123 cm³/mol. The van der Waals surface area contributed by atoms with Crippen LogP contribution in [0.3, 0.4) is 0 Å². The van der Waals surface area contributed by atoms with Gasteiger partial charge in [-0.25, -0.2) is 8.78 Å². The van der Waals surface area contributed by atoms with Gasteiger partial charge in [-0.05, 0) is 55.8 Å². The van der Waals surface area contributed by atoms with Crippen molar-refractivity contribution < 1.29 is 23.0 Å². The number of nitrogens with one attached hydrogen (secondary N) is 1. The number of nitrogens with zero attached hydrogens (tertiary/aromatic N) is 2. The van der Waals surface area contributed by atoms with Gasteiger partial charge in [0.1, 0.15) is 11.4 Å². The van der Waals surface area contributed by atoms with Gasteiger partial charge in [0.2, 0.25) is 0 Å². The molecule has 0 unspecified atom stereocenters. The summed E-state index contributed by atoms with van der Waals surface area (Å²) in [5.74, 6) is -1.39. The Morgan fingerprint density at radius 2 is 1.76 bits per heavy atom. The van der Waals surface area contributed by atoms with Crippen LogP contribution >= 0.6 is 0 Å². The summed E-state index contributed by atoms with van der Waals surface area (Å²) in [4.78, 5) is 15.6. The fourth-order valence-electron chi connectivity index (χ4n) is 4.31. The SMILES string of the molecule is COc1ccc(NC(=O)c2c(C)c(N3CCOCC3)c(C)n2Cc2ccc(F)c(F)c2)cc1. The van der Waals surface area contributed by atoms with Crippen LogP contribution in [0.5, 0.6) is 5.75 Å². The third-order valence-corrected chi connectivity index (χ3v) is 5.94. The molecule has 0 atom stereocenters. The molecule has 0 saturated carbocycles. The lowest BCUT2D eigenvalue weighted by molar-refractivity contribution is 0.101. The highest BCUT2D eigenvalue weighted by atomic mass is 19.2. The van der Waals surface area contributed by atoms with Crippen LogP contribution in [0.15, 0.2) is 42.5 Å². The Morgan fingerprint density at radius 3 is 2.39 bits per heavy atom. The molecule has 1 saturated heterocycles. The molecule has 0 bridgehead atoms. The maximum Gasteiger partial charge on any atom is 0.272 e. The lowest BCUT2D eigenvalue weighted by atomic mass is 10.1. The quantitative estimate of drug-likeness (QED) is 0.594. The summed E-state index contributed by atoms with van der Waals surface area (Å²) >= 11 is 0. The Bertz CT molecular complexity index is 1150. The van der Waals surface area contributed by atoms with Crippen molar-refractivity contribution >= 4 is 17.3 Å². The third kappa shape index (κ3) is 4.71. The summed E-state index contributed by atoms with van der Waals surface area (Å²) in [5.41, 5.74) is 4.38. The van der Waals surface area contributed by atoms with Crippen LogP contribution in [0.25, 0.3) is 0 Å². The van der Waals surface area contributed by atoms with Gasteiger partial charge in [-0.3, -0.25) is 4.79 Å². The van der Waals surface area contributed by atoms with Crippen molar-refractivity contribution in [3.8, 4) is 5.75 Å². The number of hydrogen-bond donors (Lipinski definition) is 1. The number of amides is 1. The highest BCUT2D eigenvalue weighted by Gasteiger charge is 2.27. The van der Waals surface area contributed by atoms with E-state index in [2.05, 4.69) is 10.2 Å². The first kappa shape index (κ1) is 22.8. The highest BCUT2D eigenvalue weighted by molar-refractivity contribution is 6.05. The minimum Gasteiger partial charge on any atom is -0.497 e. The zero-order chi connectivity index (χ0) is 23.5. The number of halogens is 2. The van der Waals surface area contributed by atoms with Gasteiger partial charge in [0.25, 0.3) is 5.91 Å². The summed E-state index contributed by atoms with van der Waals surface area (Å²) in [7, 11) is 1.58. The number of ether oxygens (including phenoxy) is 2. The number of hydrogen-bond acceptors (Lipinski definition) is 4. The van der Waals surface area contributed by atoms with Crippen LogP contribution in [0.1, 0.15) is 27.3 Å². The van der Waals surface area contributed by atoms with Gasteiger partial charge in [0.15, 0.2) is 11.6 Å². The van der Waals surface area contributed by atoms with Crippen molar-refractivity contribution in [2.24, 2.45) is 0 Å². The van der Waals surface area contributed by atoms with Crippen LogP contribution in [0, 0.1) is 25.5 Å². The van der Waals surface area contributed by atoms with E-state index in [1.807, 2.05) is 18.4 Å². The molecule has 2 heterocycles. The summed E-state index contributed by atoms with van der Waals surface area (Å²) in [6, 6.07) is 10.9. The summed E-state index contributed by atoms with van der Waals surface area (Å²) < 4.78 is 39.9. The Balaban J connectivity index is 1.73. The number of morpholine rings is 1. The Morgan fingerprint density at radius 1 is 1.06 bits per heavy atom. The number of anilines is 2. The average Bonchev–Trinajstić information content (AvgIpc) is 3.06. The van der Waals surface area contributed by atoms with Gasteiger partial charge in [0.05, 0.1) is 26.0 Å². The van der Waals surface area contributed by atoms with Crippen LogP contribution in [0.2, 0.25) is 0 Å². The first-order valence-electron chi connectivity index (χ1n) is 10.8. The van der Waals surface area contributed by atoms with E-state index in [4.69, 9.17) is 9.47 Å². The topological polar surface area (TPSA) is 55.7 Å². The largest absolute Gasteiger partial charge is 0.497 e. The first-order valence-corrected chi connectivity index (χ1v) is 10.8. The highest BCUT2D eigenvalue weighted by Crippen LogP contribution is 2.33. The Labute approximate surface area is 191 Å². The minimum atomic E-state index is -0.910. The third-order valence-electron chi connectivity index (χ3n) is 5.94. The molecule has 1 aromatic heterocycles. The van der Waals surface area contributed by atoms with Crippen LogP contribution in [-0.2, 0) is 11.3 Å². The molecule has 33 heavy (non-hydrogen) atoms. The summed E-state index contributed by atoms with van der Waals surface area (Å²) in [6.07, 6.45) is 0. The second-order valence-corrected chi connectivity index (χ2v) is 8.02. The Hall–Kier alpha value is -3.39. The number of rotatable bonds is 6. The molecule has 8 heteroatoms. The zero-order valence-electron chi connectivity index (χ0n) is 19.0. The maximum absolute atomic E-state index is 13.9. The van der Waals surface area contributed by atoms with E-state index in [0.29, 0.717) is 35.9 Å². The van der Waals surface area contributed by atoms with Crippen LogP contribution < -0.4 is 15.0 Å². The van der Waals surface area contributed by atoms with Crippen molar-refractivity contribution in [1.29, 1.82) is 0 Å². The van der Waals surface area contributed by atoms with E-state index in [9.17, 15) is 13.6 Å². The summed E-state index contributed by atoms with van der Waals surface area (Å²) in [6.45, 7) is 6.76. The van der Waals surface area contributed by atoms with E-state index >= 15 is 0 Å². The van der Waals surface area contributed by atoms with Crippen LogP contribution in [0.4, 0.5) is 20.2 Å². The molecule has 0 aliphatic carbocycles. The van der Waals surface area contributed by atoms with Crippen LogP contribution in [-0.4, -0.2) is 43.9 Å². The molecule has 3 aromatic rings. The zero-order valence-corrected chi connectivity index (χ0v) is 19.0. The molecule has 1 aliphatic rings. The second-order valence-electron chi connectivity index (χ2n) is 8.02. The van der Waals surface area contributed by atoms with E-state index in [1.165, 1.54) is 12.1 Å². The van der Waals surface area contributed by atoms with E-state index in [1.54, 1.807) is 31.4 Å². The van der Waals surface area contributed by atoms with E-state index in [0.717, 1.165) is 36.1 Å². The van der Waals surface area contributed by atoms with E-state index < -0.39 is 11.6 Å². The normalized spacial score (nSPS) is 13.8. The summed E-state index contributed by atoms with van der Waals surface area (Å²) in [5, 5.41) is 2.95. The number of benzene rings is 2. The van der Waals surface area contributed by atoms with Crippen molar-refractivity contribution in [3.63, 3.8) is 0 Å². The number of methoxy groups -OCH3 is 1. The molecular formula is C25H27F2N3O3. The maximum atomic E-state index is 13.9. The average molecular weight is 456 g/mol. The van der Waals surface area contributed by atoms with Gasteiger partial charge in [0, 0.05) is 36.6 Å². The minimum absolute atomic E-state index is 0.236. The fourth-order valence-corrected chi connectivity index (χ4v) is 4.31. The Kier molecular flexibility index (Phi) is 6.65. The standard InChI is InChI=1S/C25H27F2N3O3/c1-16-23(29-10-12-33-13-11-29)17(2)30(15-18-4-9-21(26)22(27)14-18)24(16)25(31)28-19-5-7-20(32-3)8-6-19/h4-9,14H,10-13,15H2,1-3H3,(H,28,31). The number of aromatic nitrogens is 1. The fraction of sp³-hybridized carbons (Fsp3) is 0.320. The molecule has 1 fully saturated rings. The van der Waals surface area contributed by atoms with E-state index in [-0.39, 0.29) is 12.5 Å². The second kappa shape index (κ2) is 9.62. The van der Waals surface area contributed by atoms with Crippen molar-refractivity contribution in [3.05, 3.63) is 76.6 Å². The molecule has 1 aliphatic heterocycles.